The van der Waals surface area contributed by atoms with Gasteiger partial charge in [-0.1, -0.05) is 17.7 Å². The van der Waals surface area contributed by atoms with Crippen molar-refractivity contribution in [2.75, 3.05) is 13.2 Å². The van der Waals surface area contributed by atoms with E-state index in [4.69, 9.17) is 4.74 Å². The number of hydrogen-bond donors (Lipinski definition) is 1. The van der Waals surface area contributed by atoms with Crippen LogP contribution < -0.4 is 5.32 Å². The van der Waals surface area contributed by atoms with Crippen LogP contribution in [0.2, 0.25) is 0 Å². The maximum Gasteiger partial charge on any atom is 0.0699 e. The molecule has 2 rings (SSSR count). The van der Waals surface area contributed by atoms with Gasteiger partial charge in [0, 0.05) is 19.2 Å². The Morgan fingerprint density at radius 1 is 1.21 bits per heavy atom. The SMILES string of the molecule is Cc1cc(C)c(C(C)NCC2CCCCO2)c(C)c1. The molecule has 2 heteroatoms. The van der Waals surface area contributed by atoms with Crippen LogP contribution in [0, 0.1) is 20.8 Å². The first-order valence-corrected chi connectivity index (χ1v) is 7.50. The number of ether oxygens (including phenoxy) is 1. The Labute approximate surface area is 117 Å². The molecule has 1 aromatic carbocycles. The number of benzene rings is 1. The molecular weight excluding hydrogens is 234 g/mol. The van der Waals surface area contributed by atoms with E-state index in [1.165, 1.54) is 41.5 Å². The third-order valence-corrected chi connectivity index (χ3v) is 4.10. The van der Waals surface area contributed by atoms with Crippen molar-refractivity contribution < 1.29 is 4.74 Å². The van der Waals surface area contributed by atoms with Gasteiger partial charge in [0.1, 0.15) is 0 Å². The molecule has 106 valence electrons. The maximum atomic E-state index is 5.78. The largest absolute Gasteiger partial charge is 0.377 e. The molecule has 0 aliphatic carbocycles. The summed E-state index contributed by atoms with van der Waals surface area (Å²) >= 11 is 0. The van der Waals surface area contributed by atoms with E-state index in [1.54, 1.807) is 0 Å². The van der Waals surface area contributed by atoms with Crippen molar-refractivity contribution in [2.24, 2.45) is 0 Å². The highest BCUT2D eigenvalue weighted by atomic mass is 16.5. The molecule has 0 radical (unpaired) electrons. The van der Waals surface area contributed by atoms with E-state index in [2.05, 4.69) is 45.1 Å². The Morgan fingerprint density at radius 3 is 2.47 bits per heavy atom. The fourth-order valence-electron chi connectivity index (χ4n) is 3.25. The summed E-state index contributed by atoms with van der Waals surface area (Å²) in [7, 11) is 0. The van der Waals surface area contributed by atoms with Crippen LogP contribution >= 0.6 is 0 Å². The smallest absolute Gasteiger partial charge is 0.0699 e. The van der Waals surface area contributed by atoms with Crippen LogP contribution in [-0.2, 0) is 4.74 Å². The maximum absolute atomic E-state index is 5.78. The highest BCUT2D eigenvalue weighted by Crippen LogP contribution is 2.23. The topological polar surface area (TPSA) is 21.3 Å². The molecule has 2 unspecified atom stereocenters. The lowest BCUT2D eigenvalue weighted by Gasteiger charge is -2.26. The molecule has 1 aliphatic heterocycles. The summed E-state index contributed by atoms with van der Waals surface area (Å²) in [6.45, 7) is 10.7. The molecule has 0 amide bonds. The lowest BCUT2D eigenvalue weighted by molar-refractivity contribution is 0.0156. The van der Waals surface area contributed by atoms with Crippen molar-refractivity contribution >= 4 is 0 Å². The zero-order chi connectivity index (χ0) is 13.8. The Hall–Kier alpha value is -0.860. The molecule has 1 fully saturated rings. The molecule has 1 heterocycles. The molecule has 1 aromatic rings. The highest BCUT2D eigenvalue weighted by Gasteiger charge is 2.16. The second-order valence-electron chi connectivity index (χ2n) is 5.93. The van der Waals surface area contributed by atoms with E-state index in [9.17, 15) is 0 Å². The predicted molar refractivity (Wildman–Crippen MR) is 80.7 cm³/mol. The fourth-order valence-corrected chi connectivity index (χ4v) is 3.25. The van der Waals surface area contributed by atoms with Crippen LogP contribution in [-0.4, -0.2) is 19.3 Å². The highest BCUT2D eigenvalue weighted by molar-refractivity contribution is 5.39. The summed E-state index contributed by atoms with van der Waals surface area (Å²) in [6.07, 6.45) is 4.14. The molecule has 1 saturated heterocycles. The van der Waals surface area contributed by atoms with Gasteiger partial charge in [0.2, 0.25) is 0 Å². The van der Waals surface area contributed by atoms with Gasteiger partial charge in [-0.05, 0) is 63.6 Å². The molecule has 0 bridgehead atoms. The van der Waals surface area contributed by atoms with Crippen molar-refractivity contribution in [3.8, 4) is 0 Å². The minimum Gasteiger partial charge on any atom is -0.377 e. The summed E-state index contributed by atoms with van der Waals surface area (Å²) in [6, 6.07) is 4.95. The van der Waals surface area contributed by atoms with Crippen molar-refractivity contribution in [3.05, 3.63) is 34.4 Å². The predicted octanol–water partition coefficient (Wildman–Crippen LogP) is 3.83. The first-order chi connectivity index (χ1) is 9.08. The van der Waals surface area contributed by atoms with Gasteiger partial charge >= 0.3 is 0 Å². The monoisotopic (exact) mass is 261 g/mol. The summed E-state index contributed by atoms with van der Waals surface area (Å²) in [5, 5.41) is 3.64. The van der Waals surface area contributed by atoms with Crippen LogP contribution in [0.5, 0.6) is 0 Å². The quantitative estimate of drug-likeness (QED) is 0.889. The van der Waals surface area contributed by atoms with Crippen LogP contribution in [0.25, 0.3) is 0 Å². The molecule has 0 spiro atoms. The van der Waals surface area contributed by atoms with E-state index >= 15 is 0 Å². The van der Waals surface area contributed by atoms with Crippen molar-refractivity contribution in [1.29, 1.82) is 0 Å². The third kappa shape index (κ3) is 3.80. The molecule has 1 aliphatic rings. The number of nitrogens with one attached hydrogen (secondary N) is 1. The third-order valence-electron chi connectivity index (χ3n) is 4.10. The van der Waals surface area contributed by atoms with Gasteiger partial charge in [-0.15, -0.1) is 0 Å². The summed E-state index contributed by atoms with van der Waals surface area (Å²) < 4.78 is 5.78. The Kier molecular flexibility index (Phi) is 5.00. The van der Waals surface area contributed by atoms with Gasteiger partial charge in [0.05, 0.1) is 6.10 Å². The lowest BCUT2D eigenvalue weighted by Crippen LogP contribution is -2.33. The number of aryl methyl sites for hydroxylation is 3. The first-order valence-electron chi connectivity index (χ1n) is 7.50. The van der Waals surface area contributed by atoms with E-state index in [1.807, 2.05) is 0 Å². The van der Waals surface area contributed by atoms with Gasteiger partial charge < -0.3 is 10.1 Å². The van der Waals surface area contributed by atoms with Crippen molar-refractivity contribution in [1.82, 2.24) is 5.32 Å². The van der Waals surface area contributed by atoms with Gasteiger partial charge in [-0.3, -0.25) is 0 Å². The van der Waals surface area contributed by atoms with Gasteiger partial charge in [0.25, 0.3) is 0 Å². The summed E-state index contributed by atoms with van der Waals surface area (Å²) in [5.41, 5.74) is 5.58. The number of hydrogen-bond acceptors (Lipinski definition) is 2. The van der Waals surface area contributed by atoms with Crippen LogP contribution in [0.4, 0.5) is 0 Å². The van der Waals surface area contributed by atoms with Crippen molar-refractivity contribution in [3.63, 3.8) is 0 Å². The number of rotatable bonds is 4. The zero-order valence-corrected chi connectivity index (χ0v) is 12.8. The summed E-state index contributed by atoms with van der Waals surface area (Å²) in [5.74, 6) is 0. The Balaban J connectivity index is 1.97. The molecule has 2 nitrogen and oxygen atoms in total. The van der Waals surface area contributed by atoms with E-state index in [-0.39, 0.29) is 0 Å². The van der Waals surface area contributed by atoms with E-state index < -0.39 is 0 Å². The molecular formula is C17H27NO. The minimum atomic E-state index is 0.395. The van der Waals surface area contributed by atoms with Crippen LogP contribution in [0.1, 0.15) is 54.5 Å². The fraction of sp³-hybridized carbons (Fsp3) is 0.647. The average Bonchev–Trinajstić information content (AvgIpc) is 2.36. The molecule has 19 heavy (non-hydrogen) atoms. The van der Waals surface area contributed by atoms with Crippen LogP contribution in [0.3, 0.4) is 0 Å². The van der Waals surface area contributed by atoms with Crippen LogP contribution in [0.15, 0.2) is 12.1 Å². The average molecular weight is 261 g/mol. The van der Waals surface area contributed by atoms with E-state index in [0.717, 1.165) is 13.2 Å². The van der Waals surface area contributed by atoms with Gasteiger partial charge in [-0.25, -0.2) is 0 Å². The van der Waals surface area contributed by atoms with E-state index in [0.29, 0.717) is 12.1 Å². The lowest BCUT2D eigenvalue weighted by atomic mass is 9.94. The normalized spacial score (nSPS) is 21.4. The second-order valence-corrected chi connectivity index (χ2v) is 5.93. The second kappa shape index (κ2) is 6.53. The Bertz CT molecular complexity index is 398. The molecule has 0 saturated carbocycles. The standard InChI is InChI=1S/C17H27NO/c1-12-9-13(2)17(14(3)10-12)15(4)18-11-16-7-5-6-8-19-16/h9-10,15-16,18H,5-8,11H2,1-4H3. The molecule has 1 N–H and O–H groups in total. The zero-order valence-electron chi connectivity index (χ0n) is 12.8. The minimum absolute atomic E-state index is 0.395. The van der Waals surface area contributed by atoms with Gasteiger partial charge in [0.15, 0.2) is 0 Å². The van der Waals surface area contributed by atoms with Crippen molar-refractivity contribution in [2.45, 2.75) is 59.1 Å². The molecule has 0 aromatic heterocycles. The Morgan fingerprint density at radius 2 is 1.89 bits per heavy atom. The van der Waals surface area contributed by atoms with Gasteiger partial charge in [-0.2, -0.15) is 0 Å². The molecule has 2 atom stereocenters. The first kappa shape index (κ1) is 14.5. The summed E-state index contributed by atoms with van der Waals surface area (Å²) in [4.78, 5) is 0.